The SMILES string of the molecule is CCOC(=O)N(CC)CCC(N)=NO. The van der Waals surface area contributed by atoms with E-state index in [1.807, 2.05) is 6.92 Å². The van der Waals surface area contributed by atoms with Crippen LogP contribution < -0.4 is 5.73 Å². The number of ether oxygens (including phenoxy) is 1. The van der Waals surface area contributed by atoms with Crippen molar-refractivity contribution in [2.24, 2.45) is 10.9 Å². The highest BCUT2D eigenvalue weighted by molar-refractivity contribution is 5.80. The number of rotatable bonds is 5. The zero-order valence-electron chi connectivity index (χ0n) is 8.56. The molecule has 0 aliphatic carbocycles. The molecule has 6 nitrogen and oxygen atoms in total. The summed E-state index contributed by atoms with van der Waals surface area (Å²) in [5, 5.41) is 11.1. The first-order valence-electron chi connectivity index (χ1n) is 4.53. The van der Waals surface area contributed by atoms with Gasteiger partial charge in [-0.1, -0.05) is 5.16 Å². The van der Waals surface area contributed by atoms with Crippen molar-refractivity contribution in [1.29, 1.82) is 0 Å². The van der Waals surface area contributed by atoms with Crippen molar-refractivity contribution in [1.82, 2.24) is 4.90 Å². The van der Waals surface area contributed by atoms with Gasteiger partial charge in [0.05, 0.1) is 6.61 Å². The molecule has 0 radical (unpaired) electrons. The third-order valence-corrected chi connectivity index (χ3v) is 1.67. The maximum atomic E-state index is 11.2. The molecular formula is C8H17N3O3. The van der Waals surface area contributed by atoms with Crippen LogP contribution in [0.15, 0.2) is 5.16 Å². The van der Waals surface area contributed by atoms with Crippen molar-refractivity contribution in [3.05, 3.63) is 0 Å². The Kier molecular flexibility index (Phi) is 6.26. The molecule has 0 rings (SSSR count). The first kappa shape index (κ1) is 12.5. The normalized spacial score (nSPS) is 11.1. The quantitative estimate of drug-likeness (QED) is 0.296. The average molecular weight is 203 g/mol. The van der Waals surface area contributed by atoms with E-state index in [2.05, 4.69) is 5.16 Å². The summed E-state index contributed by atoms with van der Waals surface area (Å²) in [5.74, 6) is 0.104. The lowest BCUT2D eigenvalue weighted by atomic mass is 10.3. The number of hydrogen-bond donors (Lipinski definition) is 2. The third-order valence-electron chi connectivity index (χ3n) is 1.67. The lowest BCUT2D eigenvalue weighted by Gasteiger charge is -2.19. The van der Waals surface area contributed by atoms with Gasteiger partial charge in [-0.3, -0.25) is 0 Å². The largest absolute Gasteiger partial charge is 0.450 e. The summed E-state index contributed by atoms with van der Waals surface area (Å²) >= 11 is 0. The molecule has 0 aromatic heterocycles. The molecule has 1 amide bonds. The minimum absolute atomic E-state index is 0.104. The van der Waals surface area contributed by atoms with E-state index in [-0.39, 0.29) is 11.9 Å². The highest BCUT2D eigenvalue weighted by Gasteiger charge is 2.12. The van der Waals surface area contributed by atoms with Gasteiger partial charge in [-0.05, 0) is 13.8 Å². The molecule has 0 bridgehead atoms. The molecule has 0 atom stereocenters. The fraction of sp³-hybridized carbons (Fsp3) is 0.750. The van der Waals surface area contributed by atoms with Crippen LogP contribution in [0.25, 0.3) is 0 Å². The van der Waals surface area contributed by atoms with Crippen LogP contribution in [-0.4, -0.2) is 41.7 Å². The first-order valence-corrected chi connectivity index (χ1v) is 4.53. The zero-order valence-corrected chi connectivity index (χ0v) is 8.56. The standard InChI is InChI=1S/C8H17N3O3/c1-3-11(8(12)14-4-2)6-5-7(9)10-13/h13H,3-6H2,1-2H3,(H2,9,10). The fourth-order valence-electron chi connectivity index (χ4n) is 0.893. The molecule has 0 saturated carbocycles. The Balaban J connectivity index is 3.96. The van der Waals surface area contributed by atoms with Crippen LogP contribution in [0.1, 0.15) is 20.3 Å². The van der Waals surface area contributed by atoms with Crippen LogP contribution in [0.3, 0.4) is 0 Å². The maximum Gasteiger partial charge on any atom is 0.409 e. The van der Waals surface area contributed by atoms with Gasteiger partial charge in [-0.25, -0.2) is 4.79 Å². The smallest absolute Gasteiger partial charge is 0.409 e. The fourth-order valence-corrected chi connectivity index (χ4v) is 0.893. The van der Waals surface area contributed by atoms with Crippen LogP contribution in [0, 0.1) is 0 Å². The Morgan fingerprint density at radius 2 is 2.21 bits per heavy atom. The molecule has 3 N–H and O–H groups in total. The van der Waals surface area contributed by atoms with E-state index in [0.717, 1.165) is 0 Å². The van der Waals surface area contributed by atoms with Crippen molar-refractivity contribution >= 4 is 11.9 Å². The lowest BCUT2D eigenvalue weighted by Crippen LogP contribution is -2.34. The summed E-state index contributed by atoms with van der Waals surface area (Å²) < 4.78 is 4.80. The second kappa shape index (κ2) is 6.99. The Hall–Kier alpha value is -1.46. The number of amidine groups is 1. The number of oxime groups is 1. The number of nitrogens with two attached hydrogens (primary N) is 1. The van der Waals surface area contributed by atoms with E-state index < -0.39 is 0 Å². The Morgan fingerprint density at radius 3 is 2.64 bits per heavy atom. The number of amides is 1. The van der Waals surface area contributed by atoms with Gasteiger partial charge in [0.1, 0.15) is 5.84 Å². The summed E-state index contributed by atoms with van der Waals surface area (Å²) in [6, 6.07) is 0. The van der Waals surface area contributed by atoms with E-state index in [1.54, 1.807) is 6.92 Å². The molecule has 14 heavy (non-hydrogen) atoms. The van der Waals surface area contributed by atoms with Crippen LogP contribution in [0.5, 0.6) is 0 Å². The van der Waals surface area contributed by atoms with Gasteiger partial charge >= 0.3 is 6.09 Å². The van der Waals surface area contributed by atoms with Gasteiger partial charge < -0.3 is 20.6 Å². The van der Waals surface area contributed by atoms with Gasteiger partial charge in [0.15, 0.2) is 0 Å². The van der Waals surface area contributed by atoms with E-state index in [0.29, 0.717) is 26.1 Å². The summed E-state index contributed by atoms with van der Waals surface area (Å²) in [6.07, 6.45) is -0.0379. The molecule has 0 aromatic carbocycles. The highest BCUT2D eigenvalue weighted by atomic mass is 16.6. The molecule has 0 fully saturated rings. The van der Waals surface area contributed by atoms with Gasteiger partial charge in [-0.2, -0.15) is 0 Å². The van der Waals surface area contributed by atoms with Gasteiger partial charge in [0.2, 0.25) is 0 Å². The summed E-state index contributed by atoms with van der Waals surface area (Å²) in [5.41, 5.74) is 5.27. The zero-order chi connectivity index (χ0) is 11.0. The number of carbonyl (C=O) groups excluding carboxylic acids is 1. The molecule has 0 aromatic rings. The predicted molar refractivity (Wildman–Crippen MR) is 52.3 cm³/mol. The molecule has 0 saturated heterocycles. The van der Waals surface area contributed by atoms with Crippen LogP contribution in [0.2, 0.25) is 0 Å². The Labute approximate surface area is 83.3 Å². The van der Waals surface area contributed by atoms with Gasteiger partial charge in [-0.15, -0.1) is 0 Å². The van der Waals surface area contributed by atoms with E-state index in [9.17, 15) is 4.79 Å². The predicted octanol–water partition coefficient (Wildman–Crippen LogP) is 0.601. The number of nitrogens with zero attached hydrogens (tertiary/aromatic N) is 2. The highest BCUT2D eigenvalue weighted by Crippen LogP contribution is 1.96. The summed E-state index contributed by atoms with van der Waals surface area (Å²) in [6.45, 7) is 4.86. The van der Waals surface area contributed by atoms with Gasteiger partial charge in [0, 0.05) is 19.5 Å². The van der Waals surface area contributed by atoms with E-state index in [1.165, 1.54) is 4.90 Å². The molecule has 0 unspecified atom stereocenters. The first-order chi connectivity index (χ1) is 6.65. The molecular weight excluding hydrogens is 186 g/mol. The maximum absolute atomic E-state index is 11.2. The van der Waals surface area contributed by atoms with E-state index in [4.69, 9.17) is 15.7 Å². The molecule has 0 spiro atoms. The van der Waals surface area contributed by atoms with Crippen molar-refractivity contribution in [3.63, 3.8) is 0 Å². The monoisotopic (exact) mass is 203 g/mol. The third kappa shape index (κ3) is 4.54. The van der Waals surface area contributed by atoms with Crippen molar-refractivity contribution < 1.29 is 14.7 Å². The topological polar surface area (TPSA) is 88.2 Å². The Bertz CT molecular complexity index is 206. The van der Waals surface area contributed by atoms with Crippen molar-refractivity contribution in [3.8, 4) is 0 Å². The molecule has 82 valence electrons. The molecule has 0 aliphatic heterocycles. The second-order valence-electron chi connectivity index (χ2n) is 2.62. The van der Waals surface area contributed by atoms with Crippen LogP contribution in [0.4, 0.5) is 4.79 Å². The summed E-state index contributed by atoms with van der Waals surface area (Å²) in [7, 11) is 0. The Morgan fingerprint density at radius 1 is 1.57 bits per heavy atom. The number of hydrogen-bond acceptors (Lipinski definition) is 4. The van der Waals surface area contributed by atoms with Crippen molar-refractivity contribution in [2.75, 3.05) is 19.7 Å². The van der Waals surface area contributed by atoms with Gasteiger partial charge in [0.25, 0.3) is 0 Å². The van der Waals surface area contributed by atoms with E-state index >= 15 is 0 Å². The van der Waals surface area contributed by atoms with Crippen LogP contribution in [-0.2, 0) is 4.74 Å². The molecule has 6 heteroatoms. The second-order valence-corrected chi connectivity index (χ2v) is 2.62. The number of carbonyl (C=O) groups is 1. The molecule has 0 aliphatic rings. The lowest BCUT2D eigenvalue weighted by molar-refractivity contribution is 0.110. The summed E-state index contributed by atoms with van der Waals surface area (Å²) in [4.78, 5) is 12.7. The molecule has 0 heterocycles. The minimum Gasteiger partial charge on any atom is -0.450 e. The minimum atomic E-state index is -0.374. The average Bonchev–Trinajstić information content (AvgIpc) is 2.18. The van der Waals surface area contributed by atoms with Crippen molar-refractivity contribution in [2.45, 2.75) is 20.3 Å². The van der Waals surface area contributed by atoms with Crippen LogP contribution >= 0.6 is 0 Å².